The van der Waals surface area contributed by atoms with Gasteiger partial charge in [0.2, 0.25) is 11.7 Å². The van der Waals surface area contributed by atoms with E-state index in [1.54, 1.807) is 19.1 Å². The first-order valence-corrected chi connectivity index (χ1v) is 9.42. The molecular formula is C20H25N3O8. The third-order valence-electron chi connectivity index (χ3n) is 4.74. The Hall–Kier alpha value is -3.76. The number of urea groups is 1. The molecular weight excluding hydrogens is 410 g/mol. The standard InChI is InChI=1S/C20H25N3O8/c1-10-11-6-7-14(29-2)17(30-3)16(11)31-19(27)12(10)9-15(24)23-13(18(25)26)5-4-8-22-20(21)28/h6-7,13H,4-5,8-9H2,1-3H3,(H,23,24)(H,25,26)(H3,21,22,28)/t13-/m0/s1. The maximum Gasteiger partial charge on any atom is 0.340 e. The lowest BCUT2D eigenvalue weighted by Gasteiger charge is -2.16. The Morgan fingerprint density at radius 1 is 1.23 bits per heavy atom. The zero-order valence-electron chi connectivity index (χ0n) is 17.4. The smallest absolute Gasteiger partial charge is 0.340 e. The number of amides is 3. The van der Waals surface area contributed by atoms with Gasteiger partial charge in [-0.1, -0.05) is 0 Å². The number of rotatable bonds is 10. The molecule has 0 aliphatic rings. The molecule has 0 radical (unpaired) electrons. The van der Waals surface area contributed by atoms with Crippen molar-refractivity contribution in [2.24, 2.45) is 5.73 Å². The average Bonchev–Trinajstić information content (AvgIpc) is 2.71. The zero-order valence-corrected chi connectivity index (χ0v) is 17.4. The van der Waals surface area contributed by atoms with Crippen molar-refractivity contribution in [3.63, 3.8) is 0 Å². The number of carbonyl (C=O) groups excluding carboxylic acids is 2. The van der Waals surface area contributed by atoms with E-state index in [0.717, 1.165) is 0 Å². The minimum Gasteiger partial charge on any atom is -0.493 e. The average molecular weight is 435 g/mol. The van der Waals surface area contributed by atoms with E-state index in [1.807, 2.05) is 0 Å². The highest BCUT2D eigenvalue weighted by atomic mass is 16.5. The number of hydrogen-bond donors (Lipinski definition) is 4. The summed E-state index contributed by atoms with van der Waals surface area (Å²) in [5.74, 6) is -1.23. The first-order valence-electron chi connectivity index (χ1n) is 9.42. The van der Waals surface area contributed by atoms with Gasteiger partial charge in [-0.05, 0) is 37.5 Å². The van der Waals surface area contributed by atoms with Crippen molar-refractivity contribution in [3.05, 3.63) is 33.7 Å². The largest absolute Gasteiger partial charge is 0.493 e. The first kappa shape index (κ1) is 23.5. The van der Waals surface area contributed by atoms with Crippen LogP contribution in [0.25, 0.3) is 11.0 Å². The fourth-order valence-corrected chi connectivity index (χ4v) is 3.15. The van der Waals surface area contributed by atoms with Gasteiger partial charge in [-0.15, -0.1) is 0 Å². The van der Waals surface area contributed by atoms with E-state index >= 15 is 0 Å². The van der Waals surface area contributed by atoms with Gasteiger partial charge in [0.15, 0.2) is 11.3 Å². The number of aliphatic carboxylic acids is 1. The van der Waals surface area contributed by atoms with E-state index in [9.17, 15) is 24.3 Å². The summed E-state index contributed by atoms with van der Waals surface area (Å²) in [5, 5.41) is 14.6. The normalized spacial score (nSPS) is 11.6. The number of benzene rings is 1. The van der Waals surface area contributed by atoms with Crippen molar-refractivity contribution in [2.75, 3.05) is 20.8 Å². The van der Waals surface area contributed by atoms with Gasteiger partial charge in [-0.3, -0.25) is 4.79 Å². The van der Waals surface area contributed by atoms with Gasteiger partial charge in [0.25, 0.3) is 0 Å². The third kappa shape index (κ3) is 5.65. The second-order valence-electron chi connectivity index (χ2n) is 6.74. The van der Waals surface area contributed by atoms with E-state index in [-0.39, 0.29) is 36.3 Å². The summed E-state index contributed by atoms with van der Waals surface area (Å²) in [6.45, 7) is 1.84. The molecule has 11 nitrogen and oxygen atoms in total. The zero-order chi connectivity index (χ0) is 23.1. The molecule has 31 heavy (non-hydrogen) atoms. The molecule has 2 rings (SSSR count). The van der Waals surface area contributed by atoms with Crippen LogP contribution in [0.1, 0.15) is 24.0 Å². The van der Waals surface area contributed by atoms with Gasteiger partial charge in [0, 0.05) is 11.9 Å². The van der Waals surface area contributed by atoms with Crippen LogP contribution in [0, 0.1) is 6.92 Å². The number of aryl methyl sites for hydroxylation is 1. The SMILES string of the molecule is COc1ccc2c(C)c(CC(=O)N[C@@H](CCCNC(N)=O)C(=O)O)c(=O)oc2c1OC. The van der Waals surface area contributed by atoms with Crippen LogP contribution < -0.4 is 31.5 Å². The molecule has 0 spiro atoms. The maximum atomic E-state index is 12.5. The highest BCUT2D eigenvalue weighted by Crippen LogP contribution is 2.36. The van der Waals surface area contributed by atoms with Crippen molar-refractivity contribution >= 4 is 28.9 Å². The molecule has 5 N–H and O–H groups in total. The monoisotopic (exact) mass is 435 g/mol. The molecule has 1 aromatic heterocycles. The van der Waals surface area contributed by atoms with Crippen molar-refractivity contribution in [1.29, 1.82) is 0 Å². The van der Waals surface area contributed by atoms with Gasteiger partial charge in [0.05, 0.1) is 26.2 Å². The molecule has 0 saturated carbocycles. The molecule has 0 saturated heterocycles. The van der Waals surface area contributed by atoms with Crippen molar-refractivity contribution < 1.29 is 33.4 Å². The Bertz CT molecular complexity index is 1050. The Morgan fingerprint density at radius 2 is 1.94 bits per heavy atom. The summed E-state index contributed by atoms with van der Waals surface area (Å²) >= 11 is 0. The van der Waals surface area contributed by atoms with Gasteiger partial charge < -0.3 is 35.4 Å². The number of fused-ring (bicyclic) bond motifs is 1. The van der Waals surface area contributed by atoms with Gasteiger partial charge in [0.1, 0.15) is 6.04 Å². The van der Waals surface area contributed by atoms with Crippen LogP contribution in [0.15, 0.2) is 21.3 Å². The minimum absolute atomic E-state index is 0.0731. The Balaban J connectivity index is 2.22. The number of carboxylic acid groups (broad SMARTS) is 1. The molecule has 11 heteroatoms. The van der Waals surface area contributed by atoms with Crippen LogP contribution in [0.2, 0.25) is 0 Å². The van der Waals surface area contributed by atoms with Crippen molar-refractivity contribution in [3.8, 4) is 11.5 Å². The summed E-state index contributed by atoms with van der Waals surface area (Å²) in [7, 11) is 2.87. The highest BCUT2D eigenvalue weighted by Gasteiger charge is 2.23. The van der Waals surface area contributed by atoms with Crippen LogP contribution in [-0.2, 0) is 16.0 Å². The van der Waals surface area contributed by atoms with Crippen LogP contribution >= 0.6 is 0 Å². The Labute approximate surface area is 177 Å². The first-order chi connectivity index (χ1) is 14.7. The Morgan fingerprint density at radius 3 is 2.52 bits per heavy atom. The summed E-state index contributed by atoms with van der Waals surface area (Å²) in [4.78, 5) is 47.1. The summed E-state index contributed by atoms with van der Waals surface area (Å²) in [6.07, 6.45) is 0.00434. The molecule has 0 fully saturated rings. The van der Waals surface area contributed by atoms with E-state index < -0.39 is 29.6 Å². The predicted molar refractivity (Wildman–Crippen MR) is 110 cm³/mol. The van der Waals surface area contributed by atoms with Crippen LogP contribution in [-0.4, -0.2) is 49.8 Å². The van der Waals surface area contributed by atoms with Gasteiger partial charge in [-0.2, -0.15) is 0 Å². The van der Waals surface area contributed by atoms with Gasteiger partial charge >= 0.3 is 17.6 Å². The number of hydrogen-bond acceptors (Lipinski definition) is 7. The number of ether oxygens (including phenoxy) is 2. The molecule has 3 amide bonds. The van der Waals surface area contributed by atoms with Crippen molar-refractivity contribution in [2.45, 2.75) is 32.2 Å². The molecule has 168 valence electrons. The molecule has 0 unspecified atom stereocenters. The number of methoxy groups -OCH3 is 2. The number of primary amides is 1. The van der Waals surface area contributed by atoms with Crippen LogP contribution in [0.3, 0.4) is 0 Å². The topological polar surface area (TPSA) is 170 Å². The van der Waals surface area contributed by atoms with Crippen molar-refractivity contribution in [1.82, 2.24) is 10.6 Å². The van der Waals surface area contributed by atoms with Crippen LogP contribution in [0.5, 0.6) is 11.5 Å². The highest BCUT2D eigenvalue weighted by molar-refractivity contribution is 5.90. The van der Waals surface area contributed by atoms with Gasteiger partial charge in [-0.25, -0.2) is 14.4 Å². The second-order valence-corrected chi connectivity index (χ2v) is 6.74. The molecule has 2 aromatic rings. The molecule has 1 atom stereocenters. The van der Waals surface area contributed by atoms with E-state index in [4.69, 9.17) is 19.6 Å². The molecule has 0 aliphatic heterocycles. The minimum atomic E-state index is -1.23. The summed E-state index contributed by atoms with van der Waals surface area (Å²) < 4.78 is 15.9. The number of nitrogens with one attached hydrogen (secondary N) is 2. The quantitative estimate of drug-likeness (QED) is 0.312. The fraction of sp³-hybridized carbons (Fsp3) is 0.400. The second kappa shape index (κ2) is 10.3. The molecule has 0 aliphatic carbocycles. The Kier molecular flexibility index (Phi) is 7.83. The van der Waals surface area contributed by atoms with E-state index in [1.165, 1.54) is 14.2 Å². The third-order valence-corrected chi connectivity index (χ3v) is 4.74. The predicted octanol–water partition coefficient (Wildman–Crippen LogP) is 0.679. The lowest BCUT2D eigenvalue weighted by atomic mass is 10.0. The summed E-state index contributed by atoms with van der Waals surface area (Å²) in [5.41, 5.74) is 5.03. The summed E-state index contributed by atoms with van der Waals surface area (Å²) in [6, 6.07) is 1.43. The van der Waals surface area contributed by atoms with E-state index in [2.05, 4.69) is 10.6 Å². The number of carboxylic acids is 1. The molecule has 1 heterocycles. The fourth-order valence-electron chi connectivity index (χ4n) is 3.15. The van der Waals surface area contributed by atoms with E-state index in [0.29, 0.717) is 23.1 Å². The number of carbonyl (C=O) groups is 3. The maximum absolute atomic E-state index is 12.5. The molecule has 0 bridgehead atoms. The lowest BCUT2D eigenvalue weighted by molar-refractivity contribution is -0.141. The van der Waals surface area contributed by atoms with Crippen LogP contribution in [0.4, 0.5) is 4.79 Å². The lowest BCUT2D eigenvalue weighted by Crippen LogP contribution is -2.42. The number of nitrogens with two attached hydrogens (primary N) is 1. The molecule has 1 aromatic carbocycles.